The van der Waals surface area contributed by atoms with Gasteiger partial charge in [0.15, 0.2) is 0 Å². The largest absolute Gasteiger partial charge is 0.323 e. The van der Waals surface area contributed by atoms with E-state index in [0.29, 0.717) is 0 Å². The van der Waals surface area contributed by atoms with Gasteiger partial charge in [0, 0.05) is 28.8 Å². The maximum absolute atomic E-state index is 13.3. The molecule has 0 radical (unpaired) electrons. The van der Waals surface area contributed by atoms with Gasteiger partial charge in [0.25, 0.3) is 0 Å². The molecule has 0 amide bonds. The normalized spacial score (nSPS) is 14.2. The van der Waals surface area contributed by atoms with Crippen LogP contribution in [0.3, 0.4) is 0 Å². The molecule has 0 aliphatic heterocycles. The molecule has 1 heterocycles. The Morgan fingerprint density at radius 2 is 1.89 bits per heavy atom. The van der Waals surface area contributed by atoms with Crippen LogP contribution >= 0.6 is 15.9 Å². The summed E-state index contributed by atoms with van der Waals surface area (Å²) in [6.45, 7) is 2.03. The lowest BCUT2D eigenvalue weighted by Crippen LogP contribution is -2.18. The quantitative estimate of drug-likeness (QED) is 0.937. The van der Waals surface area contributed by atoms with Crippen molar-refractivity contribution in [2.45, 2.75) is 18.9 Å². The van der Waals surface area contributed by atoms with Gasteiger partial charge in [-0.3, -0.25) is 4.98 Å². The first kappa shape index (κ1) is 13.2. The van der Waals surface area contributed by atoms with Gasteiger partial charge in [-0.15, -0.1) is 0 Å². The summed E-state index contributed by atoms with van der Waals surface area (Å²) in [5, 5.41) is 0. The highest BCUT2D eigenvalue weighted by Crippen LogP contribution is 2.32. The molecule has 0 fully saturated rings. The SMILES string of the molecule is CC(c1ccncc1)C(N)c1cc(F)ccc1Br. The zero-order chi connectivity index (χ0) is 13.1. The van der Waals surface area contributed by atoms with Crippen molar-refractivity contribution in [3.05, 3.63) is 64.1 Å². The first-order valence-electron chi connectivity index (χ1n) is 5.70. The lowest BCUT2D eigenvalue weighted by molar-refractivity contribution is 0.580. The number of pyridine rings is 1. The number of hydrogen-bond donors (Lipinski definition) is 1. The third-order valence-electron chi connectivity index (χ3n) is 3.09. The second kappa shape index (κ2) is 5.59. The van der Waals surface area contributed by atoms with E-state index in [9.17, 15) is 4.39 Å². The zero-order valence-corrected chi connectivity index (χ0v) is 11.6. The Hall–Kier alpha value is -1.26. The summed E-state index contributed by atoms with van der Waals surface area (Å²) in [6, 6.07) is 8.17. The number of halogens is 2. The molecule has 2 nitrogen and oxygen atoms in total. The molecular weight excluding hydrogens is 295 g/mol. The van der Waals surface area contributed by atoms with E-state index in [1.165, 1.54) is 12.1 Å². The number of nitrogens with two attached hydrogens (primary N) is 1. The summed E-state index contributed by atoms with van der Waals surface area (Å²) in [7, 11) is 0. The Morgan fingerprint density at radius 1 is 1.22 bits per heavy atom. The molecule has 2 N–H and O–H groups in total. The molecule has 2 rings (SSSR count). The van der Waals surface area contributed by atoms with Crippen LogP contribution in [0, 0.1) is 5.82 Å². The third kappa shape index (κ3) is 2.76. The molecule has 0 saturated heterocycles. The molecule has 2 aromatic rings. The highest BCUT2D eigenvalue weighted by atomic mass is 79.9. The fourth-order valence-corrected chi connectivity index (χ4v) is 2.42. The predicted octanol–water partition coefficient (Wildman–Crippen LogP) is 3.79. The van der Waals surface area contributed by atoms with Gasteiger partial charge < -0.3 is 5.73 Å². The van der Waals surface area contributed by atoms with Crippen LogP contribution in [-0.4, -0.2) is 4.98 Å². The van der Waals surface area contributed by atoms with Gasteiger partial charge >= 0.3 is 0 Å². The average molecular weight is 309 g/mol. The molecule has 2 unspecified atom stereocenters. The molecule has 2 atom stereocenters. The summed E-state index contributed by atoms with van der Waals surface area (Å²) in [6.07, 6.45) is 3.47. The summed E-state index contributed by atoms with van der Waals surface area (Å²) in [5.74, 6) is -0.184. The molecule has 0 spiro atoms. The molecule has 18 heavy (non-hydrogen) atoms. The smallest absolute Gasteiger partial charge is 0.123 e. The van der Waals surface area contributed by atoms with E-state index in [-0.39, 0.29) is 17.8 Å². The van der Waals surface area contributed by atoms with Crippen LogP contribution in [0.15, 0.2) is 47.2 Å². The number of rotatable bonds is 3. The van der Waals surface area contributed by atoms with E-state index >= 15 is 0 Å². The fraction of sp³-hybridized carbons (Fsp3) is 0.214. The highest BCUT2D eigenvalue weighted by molar-refractivity contribution is 9.10. The maximum Gasteiger partial charge on any atom is 0.123 e. The zero-order valence-electron chi connectivity index (χ0n) is 9.98. The van der Waals surface area contributed by atoms with Gasteiger partial charge in [-0.2, -0.15) is 0 Å². The van der Waals surface area contributed by atoms with Crippen molar-refractivity contribution < 1.29 is 4.39 Å². The van der Waals surface area contributed by atoms with Crippen molar-refractivity contribution >= 4 is 15.9 Å². The molecular formula is C14H14BrFN2. The standard InChI is InChI=1S/C14H14BrFN2/c1-9(10-4-6-18-7-5-10)14(17)12-8-11(16)2-3-13(12)15/h2-9,14H,17H2,1H3. The number of benzene rings is 1. The van der Waals surface area contributed by atoms with Gasteiger partial charge in [-0.05, 0) is 41.5 Å². The summed E-state index contributed by atoms with van der Waals surface area (Å²) in [4.78, 5) is 3.98. The van der Waals surface area contributed by atoms with Gasteiger partial charge in [-0.1, -0.05) is 22.9 Å². The van der Waals surface area contributed by atoms with E-state index in [4.69, 9.17) is 5.73 Å². The first-order valence-corrected chi connectivity index (χ1v) is 6.49. The average Bonchev–Trinajstić information content (AvgIpc) is 2.41. The second-order valence-corrected chi connectivity index (χ2v) is 5.12. The molecule has 4 heteroatoms. The molecule has 1 aromatic heterocycles. The Labute approximate surface area is 114 Å². The van der Waals surface area contributed by atoms with Crippen LogP contribution in [0.4, 0.5) is 4.39 Å². The van der Waals surface area contributed by atoms with Gasteiger partial charge in [-0.25, -0.2) is 4.39 Å². The van der Waals surface area contributed by atoms with E-state index in [2.05, 4.69) is 20.9 Å². The first-order chi connectivity index (χ1) is 8.59. The third-order valence-corrected chi connectivity index (χ3v) is 3.81. The Morgan fingerprint density at radius 3 is 2.56 bits per heavy atom. The minimum Gasteiger partial charge on any atom is -0.323 e. The van der Waals surface area contributed by atoms with Crippen LogP contribution < -0.4 is 5.73 Å². The molecule has 0 aliphatic carbocycles. The summed E-state index contributed by atoms with van der Waals surface area (Å²) >= 11 is 3.41. The second-order valence-electron chi connectivity index (χ2n) is 4.26. The Kier molecular flexibility index (Phi) is 4.09. The molecule has 0 saturated carbocycles. The maximum atomic E-state index is 13.3. The number of hydrogen-bond acceptors (Lipinski definition) is 2. The predicted molar refractivity (Wildman–Crippen MR) is 73.7 cm³/mol. The van der Waals surface area contributed by atoms with E-state index in [1.54, 1.807) is 18.5 Å². The van der Waals surface area contributed by atoms with Crippen molar-refractivity contribution in [2.75, 3.05) is 0 Å². The molecule has 0 aliphatic rings. The van der Waals surface area contributed by atoms with Crippen LogP contribution in [-0.2, 0) is 0 Å². The van der Waals surface area contributed by atoms with E-state index in [1.807, 2.05) is 19.1 Å². The van der Waals surface area contributed by atoms with Crippen LogP contribution in [0.25, 0.3) is 0 Å². The van der Waals surface area contributed by atoms with Gasteiger partial charge in [0.05, 0.1) is 0 Å². The molecule has 0 bridgehead atoms. The van der Waals surface area contributed by atoms with Crippen molar-refractivity contribution in [3.63, 3.8) is 0 Å². The minimum absolute atomic E-state index is 0.0890. The summed E-state index contributed by atoms with van der Waals surface area (Å²) in [5.41, 5.74) is 8.09. The van der Waals surface area contributed by atoms with Gasteiger partial charge in [0.2, 0.25) is 0 Å². The Balaban J connectivity index is 2.31. The van der Waals surface area contributed by atoms with Gasteiger partial charge in [0.1, 0.15) is 5.82 Å². The Bertz CT molecular complexity index is 531. The molecule has 1 aromatic carbocycles. The number of nitrogens with zero attached hydrogens (tertiary/aromatic N) is 1. The van der Waals surface area contributed by atoms with Crippen molar-refractivity contribution in [1.29, 1.82) is 0 Å². The monoisotopic (exact) mass is 308 g/mol. The van der Waals surface area contributed by atoms with Crippen LogP contribution in [0.1, 0.15) is 30.0 Å². The highest BCUT2D eigenvalue weighted by Gasteiger charge is 2.19. The fourth-order valence-electron chi connectivity index (χ4n) is 1.91. The lowest BCUT2D eigenvalue weighted by atomic mass is 9.90. The van der Waals surface area contributed by atoms with E-state index < -0.39 is 0 Å². The van der Waals surface area contributed by atoms with Crippen LogP contribution in [0.5, 0.6) is 0 Å². The van der Waals surface area contributed by atoms with Crippen molar-refractivity contribution in [2.24, 2.45) is 5.73 Å². The number of aromatic nitrogens is 1. The minimum atomic E-state index is -0.273. The lowest BCUT2D eigenvalue weighted by Gasteiger charge is -2.21. The summed E-state index contributed by atoms with van der Waals surface area (Å²) < 4.78 is 14.1. The van der Waals surface area contributed by atoms with E-state index in [0.717, 1.165) is 15.6 Å². The van der Waals surface area contributed by atoms with Crippen molar-refractivity contribution in [3.8, 4) is 0 Å². The van der Waals surface area contributed by atoms with Crippen LogP contribution in [0.2, 0.25) is 0 Å². The van der Waals surface area contributed by atoms with Crippen molar-refractivity contribution in [1.82, 2.24) is 4.98 Å². The molecule has 94 valence electrons. The topological polar surface area (TPSA) is 38.9 Å².